The van der Waals surface area contributed by atoms with Gasteiger partial charge in [-0.25, -0.2) is 9.59 Å². The van der Waals surface area contributed by atoms with Crippen molar-refractivity contribution >= 4 is 102 Å². The molecule has 0 aromatic carbocycles. The second-order valence-electron chi connectivity index (χ2n) is 1.76. The van der Waals surface area contributed by atoms with Crippen molar-refractivity contribution in [3.63, 3.8) is 0 Å². The number of rotatable bonds is 3. The summed E-state index contributed by atoms with van der Waals surface area (Å²) in [5.41, 5.74) is 0. The van der Waals surface area contributed by atoms with E-state index in [0.717, 1.165) is 0 Å². The third-order valence-electron chi connectivity index (χ3n) is 0.932. The molecular formula is C4H2I4O4. The molecule has 0 saturated carbocycles. The first-order valence-corrected chi connectivity index (χ1v) is 6.68. The summed E-state index contributed by atoms with van der Waals surface area (Å²) in [6.07, 6.45) is 0. The maximum Gasteiger partial charge on any atom is 0.332 e. The molecule has 0 rings (SSSR count). The summed E-state index contributed by atoms with van der Waals surface area (Å²) in [6, 6.07) is 0. The molecule has 8 heteroatoms. The van der Waals surface area contributed by atoms with Crippen molar-refractivity contribution in [2.75, 3.05) is 0 Å². The van der Waals surface area contributed by atoms with Crippen molar-refractivity contribution in [1.29, 1.82) is 0 Å². The largest absolute Gasteiger partial charge is 0.480 e. The van der Waals surface area contributed by atoms with Gasteiger partial charge in [-0.1, -0.05) is 90.4 Å². The van der Waals surface area contributed by atoms with Crippen LogP contribution in [-0.4, -0.2) is 25.0 Å². The van der Waals surface area contributed by atoms with Gasteiger partial charge >= 0.3 is 11.9 Å². The summed E-state index contributed by atoms with van der Waals surface area (Å²) >= 11 is 6.46. The molecule has 2 N–H and O–H groups in total. The smallest absolute Gasteiger partial charge is 0.332 e. The van der Waals surface area contributed by atoms with Crippen LogP contribution in [0.4, 0.5) is 0 Å². The summed E-state index contributed by atoms with van der Waals surface area (Å²) in [6.45, 7) is 0. The van der Waals surface area contributed by atoms with E-state index in [0.29, 0.717) is 0 Å². The minimum atomic E-state index is -1.35. The first-order chi connectivity index (χ1) is 5.14. The van der Waals surface area contributed by atoms with Gasteiger partial charge in [0.15, 0.2) is 0 Å². The molecule has 0 saturated heterocycles. The number of alkyl halides is 4. The van der Waals surface area contributed by atoms with Gasteiger partial charge in [-0.05, 0) is 0 Å². The first kappa shape index (κ1) is 13.9. The molecule has 0 aliphatic carbocycles. The normalized spacial score (nSPS) is 12.7. The lowest BCUT2D eigenvalue weighted by atomic mass is 10.3. The predicted octanol–water partition coefficient (Wildman–Crippen LogP) is 2.29. The van der Waals surface area contributed by atoms with Crippen LogP contribution >= 0.6 is 90.4 Å². The number of carbonyl (C=O) groups is 2. The molecule has 0 aromatic heterocycles. The second kappa shape index (κ2) is 4.59. The first-order valence-electron chi connectivity index (χ1n) is 2.36. The number of hydrogen-bond donors (Lipinski definition) is 2. The maximum atomic E-state index is 10.7. The van der Waals surface area contributed by atoms with E-state index in [1.165, 1.54) is 0 Å². The van der Waals surface area contributed by atoms with Crippen LogP contribution in [0.25, 0.3) is 0 Å². The maximum absolute atomic E-state index is 10.7. The number of carboxylic acid groups (broad SMARTS) is 2. The van der Waals surface area contributed by atoms with Gasteiger partial charge in [0.1, 0.15) is 0 Å². The van der Waals surface area contributed by atoms with Crippen LogP contribution in [0.1, 0.15) is 0 Å². The highest BCUT2D eigenvalue weighted by molar-refractivity contribution is 14.2. The lowest BCUT2D eigenvalue weighted by Gasteiger charge is -2.26. The highest BCUT2D eigenvalue weighted by Crippen LogP contribution is 2.50. The van der Waals surface area contributed by atoms with Gasteiger partial charge < -0.3 is 10.2 Å². The zero-order valence-electron chi connectivity index (χ0n) is 5.22. The molecule has 0 fully saturated rings. The Morgan fingerprint density at radius 1 is 0.833 bits per heavy atom. The molecular weight excluding hydrogens is 620 g/mol. The zero-order valence-corrected chi connectivity index (χ0v) is 13.9. The van der Waals surface area contributed by atoms with E-state index >= 15 is 0 Å². The molecule has 0 aliphatic heterocycles. The van der Waals surface area contributed by atoms with Crippen LogP contribution in [0.3, 0.4) is 0 Å². The van der Waals surface area contributed by atoms with E-state index in [4.69, 9.17) is 10.2 Å². The Labute approximate surface area is 123 Å². The van der Waals surface area contributed by atoms with Crippen molar-refractivity contribution in [1.82, 2.24) is 0 Å². The summed E-state index contributed by atoms with van der Waals surface area (Å²) in [5.74, 6) is -2.29. The summed E-state index contributed by atoms with van der Waals surface area (Å²) in [5, 5.41) is 17.5. The minimum Gasteiger partial charge on any atom is -0.480 e. The van der Waals surface area contributed by atoms with Crippen molar-refractivity contribution in [3.05, 3.63) is 0 Å². The lowest BCUT2D eigenvalue weighted by Crippen LogP contribution is -2.46. The van der Waals surface area contributed by atoms with Crippen molar-refractivity contribution in [3.8, 4) is 0 Å². The average Bonchev–Trinajstić information content (AvgIpc) is 1.86. The Morgan fingerprint density at radius 3 is 1.08 bits per heavy atom. The fourth-order valence-electron chi connectivity index (χ4n) is 0.269. The number of aliphatic carboxylic acids is 2. The van der Waals surface area contributed by atoms with Gasteiger partial charge in [-0.3, -0.25) is 0 Å². The van der Waals surface area contributed by atoms with Gasteiger partial charge in [0.25, 0.3) is 0 Å². The highest BCUT2D eigenvalue weighted by atomic mass is 127. The van der Waals surface area contributed by atoms with E-state index in [1.807, 2.05) is 0 Å². The molecule has 0 aromatic rings. The Kier molecular flexibility index (Phi) is 5.30. The molecule has 0 amide bonds. The summed E-state index contributed by atoms with van der Waals surface area (Å²) < 4.78 is -2.70. The highest BCUT2D eigenvalue weighted by Gasteiger charge is 2.56. The van der Waals surface area contributed by atoms with Crippen LogP contribution in [0, 0.1) is 0 Å². The molecule has 0 radical (unpaired) electrons. The van der Waals surface area contributed by atoms with Crippen LogP contribution in [0.2, 0.25) is 0 Å². The summed E-state index contributed by atoms with van der Waals surface area (Å²) in [4.78, 5) is 21.4. The molecule has 0 unspecified atom stereocenters. The lowest BCUT2D eigenvalue weighted by molar-refractivity contribution is -0.142. The SMILES string of the molecule is O=C(O)C(I)(I)C(I)(I)C(=O)O. The van der Waals surface area contributed by atoms with Crippen LogP contribution in [0.5, 0.6) is 0 Å². The van der Waals surface area contributed by atoms with Gasteiger partial charge in [0, 0.05) is 0 Å². The van der Waals surface area contributed by atoms with Gasteiger partial charge in [-0.15, -0.1) is 0 Å². The third kappa shape index (κ3) is 2.68. The second-order valence-corrected chi connectivity index (χ2v) is 12.4. The molecule has 70 valence electrons. The topological polar surface area (TPSA) is 74.6 Å². The van der Waals surface area contributed by atoms with E-state index in [1.54, 1.807) is 90.4 Å². The van der Waals surface area contributed by atoms with Crippen LogP contribution in [0.15, 0.2) is 0 Å². The predicted molar refractivity (Wildman–Crippen MR) is 76.8 cm³/mol. The minimum absolute atomic E-state index is 1.14. The molecule has 4 nitrogen and oxygen atoms in total. The van der Waals surface area contributed by atoms with Gasteiger partial charge in [0.2, 0.25) is 2.86 Å². The molecule has 0 bridgehead atoms. The monoisotopic (exact) mass is 622 g/mol. The summed E-state index contributed by atoms with van der Waals surface area (Å²) in [7, 11) is 0. The third-order valence-corrected chi connectivity index (χ3v) is 10.1. The Bertz CT molecular complexity index is 199. The Hall–Kier alpha value is 1.86. The van der Waals surface area contributed by atoms with Crippen LogP contribution in [-0.2, 0) is 9.59 Å². The number of hydrogen-bond acceptors (Lipinski definition) is 2. The zero-order chi connectivity index (χ0) is 10.2. The molecule has 0 atom stereocenters. The Balaban J connectivity index is 5.01. The van der Waals surface area contributed by atoms with Gasteiger partial charge in [-0.2, -0.15) is 0 Å². The number of carboxylic acids is 2. The average molecular weight is 622 g/mol. The molecule has 12 heavy (non-hydrogen) atoms. The van der Waals surface area contributed by atoms with E-state index in [2.05, 4.69) is 0 Å². The van der Waals surface area contributed by atoms with E-state index in [9.17, 15) is 9.59 Å². The fourth-order valence-corrected chi connectivity index (χ4v) is 1.19. The molecule has 0 aliphatic rings. The Morgan fingerprint density at radius 2 is 1.00 bits per heavy atom. The van der Waals surface area contributed by atoms with Crippen molar-refractivity contribution in [2.45, 2.75) is 2.86 Å². The van der Waals surface area contributed by atoms with Gasteiger partial charge in [0.05, 0.1) is 0 Å². The standard InChI is InChI=1S/C4H2I4O4/c5-3(6,1(9)10)4(7,8)2(11)12/h(H,9,10)(H,11,12). The molecule has 0 heterocycles. The van der Waals surface area contributed by atoms with E-state index in [-0.39, 0.29) is 0 Å². The fraction of sp³-hybridized carbons (Fsp3) is 0.500. The molecule has 0 spiro atoms. The number of halogens is 4. The van der Waals surface area contributed by atoms with E-state index < -0.39 is 14.8 Å². The van der Waals surface area contributed by atoms with Crippen molar-refractivity contribution < 1.29 is 19.8 Å². The van der Waals surface area contributed by atoms with Crippen molar-refractivity contribution in [2.24, 2.45) is 0 Å². The quantitative estimate of drug-likeness (QED) is 0.375. The van der Waals surface area contributed by atoms with Crippen LogP contribution < -0.4 is 0 Å².